The molecule has 0 aromatic heterocycles. The van der Waals surface area contributed by atoms with Gasteiger partial charge in [0.15, 0.2) is 0 Å². The van der Waals surface area contributed by atoms with Crippen LogP contribution in [0.5, 0.6) is 0 Å². The van der Waals surface area contributed by atoms with Crippen LogP contribution in [-0.2, 0) is 4.79 Å². The van der Waals surface area contributed by atoms with Crippen molar-refractivity contribution in [2.75, 3.05) is 39.8 Å². The van der Waals surface area contributed by atoms with E-state index in [0.29, 0.717) is 24.3 Å². The van der Waals surface area contributed by atoms with E-state index in [2.05, 4.69) is 49.9 Å². The molecule has 1 N–H and O–H groups in total. The zero-order valence-electron chi connectivity index (χ0n) is 13.3. The second kappa shape index (κ2) is 7.85. The molecule has 0 radical (unpaired) electrons. The molecule has 1 rings (SSSR count). The Kier molecular flexibility index (Phi) is 6.80. The third-order valence-corrected chi connectivity index (χ3v) is 3.88. The van der Waals surface area contributed by atoms with Crippen molar-refractivity contribution in [1.29, 1.82) is 0 Å². The number of hydrogen-bond acceptors (Lipinski definition) is 3. The first-order chi connectivity index (χ1) is 8.90. The van der Waals surface area contributed by atoms with Crippen molar-refractivity contribution in [3.05, 3.63) is 0 Å². The molecule has 1 aliphatic heterocycles. The van der Waals surface area contributed by atoms with Gasteiger partial charge in [-0.15, -0.1) is 0 Å². The van der Waals surface area contributed by atoms with Gasteiger partial charge < -0.3 is 10.2 Å². The standard InChI is InChI=1S/C15H31N3O/c1-12(2)10-15(19)16-11-14(13(3)4)18-8-6-17(5)7-9-18/h12-14H,6-11H2,1-5H3,(H,16,19). The zero-order valence-corrected chi connectivity index (χ0v) is 13.3. The summed E-state index contributed by atoms with van der Waals surface area (Å²) in [7, 11) is 2.17. The lowest BCUT2D eigenvalue weighted by molar-refractivity contribution is -0.122. The van der Waals surface area contributed by atoms with Crippen molar-refractivity contribution in [1.82, 2.24) is 15.1 Å². The van der Waals surface area contributed by atoms with Gasteiger partial charge in [-0.3, -0.25) is 9.69 Å². The number of carbonyl (C=O) groups excluding carboxylic acids is 1. The molecule has 4 heteroatoms. The van der Waals surface area contributed by atoms with Crippen molar-refractivity contribution in [2.45, 2.75) is 40.2 Å². The lowest BCUT2D eigenvalue weighted by Crippen LogP contribution is -2.54. The molecule has 0 bridgehead atoms. The Morgan fingerprint density at radius 1 is 1.11 bits per heavy atom. The average molecular weight is 269 g/mol. The van der Waals surface area contributed by atoms with Crippen LogP contribution in [0.15, 0.2) is 0 Å². The van der Waals surface area contributed by atoms with Gasteiger partial charge in [-0.25, -0.2) is 0 Å². The van der Waals surface area contributed by atoms with Crippen LogP contribution < -0.4 is 5.32 Å². The maximum absolute atomic E-state index is 11.8. The quantitative estimate of drug-likeness (QED) is 0.792. The van der Waals surface area contributed by atoms with Gasteiger partial charge in [0.2, 0.25) is 5.91 Å². The highest BCUT2D eigenvalue weighted by molar-refractivity contribution is 5.76. The maximum Gasteiger partial charge on any atom is 0.220 e. The second-order valence-electron chi connectivity index (χ2n) is 6.55. The Bertz CT molecular complexity index is 271. The minimum atomic E-state index is 0.190. The van der Waals surface area contributed by atoms with E-state index in [1.165, 1.54) is 0 Å². The molecule has 112 valence electrons. The molecular weight excluding hydrogens is 238 g/mol. The van der Waals surface area contributed by atoms with Crippen molar-refractivity contribution >= 4 is 5.91 Å². The highest BCUT2D eigenvalue weighted by atomic mass is 16.1. The fraction of sp³-hybridized carbons (Fsp3) is 0.933. The van der Waals surface area contributed by atoms with E-state index in [9.17, 15) is 4.79 Å². The molecule has 0 spiro atoms. The Balaban J connectivity index is 2.42. The van der Waals surface area contributed by atoms with Crippen LogP contribution in [0.25, 0.3) is 0 Å². The van der Waals surface area contributed by atoms with Crippen LogP contribution >= 0.6 is 0 Å². The summed E-state index contributed by atoms with van der Waals surface area (Å²) in [6, 6.07) is 0.463. The van der Waals surface area contributed by atoms with Gasteiger partial charge in [-0.05, 0) is 18.9 Å². The molecular formula is C15H31N3O. The molecule has 1 fully saturated rings. The number of amides is 1. The van der Waals surface area contributed by atoms with E-state index >= 15 is 0 Å². The van der Waals surface area contributed by atoms with Gasteiger partial charge in [0.1, 0.15) is 0 Å². The minimum absolute atomic E-state index is 0.190. The molecule has 4 nitrogen and oxygen atoms in total. The van der Waals surface area contributed by atoms with E-state index in [4.69, 9.17) is 0 Å². The highest BCUT2D eigenvalue weighted by Crippen LogP contribution is 2.13. The Labute approximate surface area is 118 Å². The topological polar surface area (TPSA) is 35.6 Å². The monoisotopic (exact) mass is 269 g/mol. The van der Waals surface area contributed by atoms with Crippen molar-refractivity contribution in [3.63, 3.8) is 0 Å². The summed E-state index contributed by atoms with van der Waals surface area (Å²) in [6.07, 6.45) is 0.632. The van der Waals surface area contributed by atoms with Crippen molar-refractivity contribution in [2.24, 2.45) is 11.8 Å². The minimum Gasteiger partial charge on any atom is -0.355 e. The number of carbonyl (C=O) groups is 1. The van der Waals surface area contributed by atoms with Gasteiger partial charge in [-0.1, -0.05) is 27.7 Å². The summed E-state index contributed by atoms with van der Waals surface area (Å²) in [5.41, 5.74) is 0. The van der Waals surface area contributed by atoms with E-state index in [0.717, 1.165) is 32.7 Å². The molecule has 19 heavy (non-hydrogen) atoms. The first-order valence-corrected chi connectivity index (χ1v) is 7.59. The predicted octanol–water partition coefficient (Wildman–Crippen LogP) is 1.42. The SMILES string of the molecule is CC(C)CC(=O)NCC(C(C)C)N1CCN(C)CC1. The molecule has 1 heterocycles. The Morgan fingerprint density at radius 3 is 2.16 bits per heavy atom. The van der Waals surface area contributed by atoms with Crippen LogP contribution in [-0.4, -0.2) is 61.5 Å². The molecule has 1 amide bonds. The summed E-state index contributed by atoms with van der Waals surface area (Å²) in [5.74, 6) is 1.19. The average Bonchev–Trinajstić information content (AvgIpc) is 2.30. The summed E-state index contributed by atoms with van der Waals surface area (Å²) in [4.78, 5) is 16.7. The molecule has 0 aromatic rings. The van der Waals surface area contributed by atoms with E-state index in [1.54, 1.807) is 0 Å². The van der Waals surface area contributed by atoms with Gasteiger partial charge in [0.05, 0.1) is 0 Å². The lowest BCUT2D eigenvalue weighted by atomic mass is 10.0. The zero-order chi connectivity index (χ0) is 14.4. The highest BCUT2D eigenvalue weighted by Gasteiger charge is 2.25. The van der Waals surface area contributed by atoms with Crippen LogP contribution in [0.4, 0.5) is 0 Å². The third kappa shape index (κ3) is 5.91. The molecule has 0 aromatic carbocycles. The van der Waals surface area contributed by atoms with Crippen LogP contribution in [0.3, 0.4) is 0 Å². The van der Waals surface area contributed by atoms with Gasteiger partial charge >= 0.3 is 0 Å². The number of hydrogen-bond donors (Lipinski definition) is 1. The smallest absolute Gasteiger partial charge is 0.220 e. The normalized spacial score (nSPS) is 19.9. The van der Waals surface area contributed by atoms with Gasteiger partial charge in [0, 0.05) is 45.2 Å². The lowest BCUT2D eigenvalue weighted by Gasteiger charge is -2.40. The molecule has 1 atom stereocenters. The van der Waals surface area contributed by atoms with Crippen LogP contribution in [0.1, 0.15) is 34.1 Å². The first kappa shape index (κ1) is 16.4. The number of nitrogens with zero attached hydrogens (tertiary/aromatic N) is 2. The van der Waals surface area contributed by atoms with E-state index in [1.807, 2.05) is 0 Å². The molecule has 1 unspecified atom stereocenters. The number of nitrogens with one attached hydrogen (secondary N) is 1. The largest absolute Gasteiger partial charge is 0.355 e. The first-order valence-electron chi connectivity index (χ1n) is 7.59. The molecule has 0 aliphatic carbocycles. The van der Waals surface area contributed by atoms with E-state index in [-0.39, 0.29) is 5.91 Å². The van der Waals surface area contributed by atoms with Crippen LogP contribution in [0.2, 0.25) is 0 Å². The Hall–Kier alpha value is -0.610. The summed E-state index contributed by atoms with van der Waals surface area (Å²) >= 11 is 0. The number of likely N-dealkylation sites (N-methyl/N-ethyl adjacent to an activating group) is 1. The molecule has 1 saturated heterocycles. The summed E-state index contributed by atoms with van der Waals surface area (Å²) < 4.78 is 0. The van der Waals surface area contributed by atoms with Crippen molar-refractivity contribution < 1.29 is 4.79 Å². The van der Waals surface area contributed by atoms with Crippen LogP contribution in [0, 0.1) is 11.8 Å². The Morgan fingerprint density at radius 2 is 1.68 bits per heavy atom. The molecule has 1 aliphatic rings. The summed E-state index contributed by atoms with van der Waals surface area (Å²) in [5, 5.41) is 3.11. The van der Waals surface area contributed by atoms with Gasteiger partial charge in [0.25, 0.3) is 0 Å². The van der Waals surface area contributed by atoms with Crippen molar-refractivity contribution in [3.8, 4) is 0 Å². The summed E-state index contributed by atoms with van der Waals surface area (Å²) in [6.45, 7) is 13.9. The van der Waals surface area contributed by atoms with E-state index < -0.39 is 0 Å². The fourth-order valence-electron chi connectivity index (χ4n) is 2.60. The van der Waals surface area contributed by atoms with Gasteiger partial charge in [-0.2, -0.15) is 0 Å². The predicted molar refractivity (Wildman–Crippen MR) is 80.2 cm³/mol. The second-order valence-corrected chi connectivity index (χ2v) is 6.55. The molecule has 0 saturated carbocycles. The third-order valence-electron chi connectivity index (χ3n) is 3.88. The number of piperazine rings is 1. The number of rotatable bonds is 6. The fourth-order valence-corrected chi connectivity index (χ4v) is 2.60. The maximum atomic E-state index is 11.8.